The van der Waals surface area contributed by atoms with E-state index in [1.807, 2.05) is 13.8 Å². The first-order valence-corrected chi connectivity index (χ1v) is 11.7. The lowest BCUT2D eigenvalue weighted by Gasteiger charge is -2.17. The highest BCUT2D eigenvalue weighted by molar-refractivity contribution is 14.0. The van der Waals surface area contributed by atoms with E-state index < -0.39 is 0 Å². The third-order valence-corrected chi connectivity index (χ3v) is 6.89. The Kier molecular flexibility index (Phi) is 8.78. The molecule has 3 aliphatic rings. The van der Waals surface area contributed by atoms with Gasteiger partial charge in [0.2, 0.25) is 11.8 Å². The number of ether oxygens (including phenoxy) is 1. The maximum absolute atomic E-state index is 12.8. The van der Waals surface area contributed by atoms with E-state index in [0.29, 0.717) is 19.5 Å². The van der Waals surface area contributed by atoms with Crippen molar-refractivity contribution in [1.29, 1.82) is 0 Å². The van der Waals surface area contributed by atoms with Crippen molar-refractivity contribution >= 4 is 41.8 Å². The normalized spacial score (nSPS) is 25.3. The lowest BCUT2D eigenvalue weighted by molar-refractivity contribution is -0.140. The summed E-state index contributed by atoms with van der Waals surface area (Å²) in [7, 11) is 1.69. The third kappa shape index (κ3) is 5.36. The molecule has 4 atom stereocenters. The largest absolute Gasteiger partial charge is 0.496 e. The summed E-state index contributed by atoms with van der Waals surface area (Å²) in [5.41, 5.74) is 2.33. The molecule has 1 aromatic carbocycles. The number of amides is 2. The quantitative estimate of drug-likeness (QED) is 0.120. The van der Waals surface area contributed by atoms with E-state index in [2.05, 4.69) is 46.0 Å². The number of likely N-dealkylation sites (tertiary alicyclic amines) is 1. The number of nitrogens with one attached hydrogen (secondary N) is 2. The number of methoxy groups -OCH3 is 1. The standard InChI is InChI=1S/C25H34N4O3.HI/c1-4-26-25(28-12-10-17-7-6-16(2)20(14-17)32-3)27-11-5-13-29-23(30)21-18-8-9-19(15-18)22(21)24(29)31;/h6-9,14,18-19,21-22H,4-5,10-13,15H2,1-3H3,(H2,26,27,28);1H. The van der Waals surface area contributed by atoms with Crippen LogP contribution in [0.25, 0.3) is 0 Å². The number of hydrogen-bond acceptors (Lipinski definition) is 4. The molecule has 4 rings (SSSR count). The van der Waals surface area contributed by atoms with Gasteiger partial charge in [-0.2, -0.15) is 0 Å². The van der Waals surface area contributed by atoms with E-state index in [0.717, 1.165) is 43.2 Å². The second-order valence-electron chi connectivity index (χ2n) is 8.92. The minimum Gasteiger partial charge on any atom is -0.496 e. The first-order valence-electron chi connectivity index (χ1n) is 11.7. The van der Waals surface area contributed by atoms with Gasteiger partial charge in [-0.25, -0.2) is 0 Å². The fourth-order valence-electron chi connectivity index (χ4n) is 5.29. The van der Waals surface area contributed by atoms with Gasteiger partial charge in [0, 0.05) is 26.2 Å². The van der Waals surface area contributed by atoms with Gasteiger partial charge in [0.15, 0.2) is 5.96 Å². The van der Waals surface area contributed by atoms with Crippen molar-refractivity contribution in [3.63, 3.8) is 0 Å². The molecular weight excluding hydrogens is 531 g/mol. The zero-order valence-corrected chi connectivity index (χ0v) is 22.0. The molecule has 2 amide bonds. The average molecular weight is 566 g/mol. The van der Waals surface area contributed by atoms with Crippen LogP contribution in [0.3, 0.4) is 0 Å². The fourth-order valence-corrected chi connectivity index (χ4v) is 5.29. The van der Waals surface area contributed by atoms with Crippen LogP contribution in [0, 0.1) is 30.6 Å². The van der Waals surface area contributed by atoms with Crippen LogP contribution in [0.2, 0.25) is 0 Å². The van der Waals surface area contributed by atoms with Gasteiger partial charge in [-0.1, -0.05) is 24.3 Å². The summed E-state index contributed by atoms with van der Waals surface area (Å²) in [4.78, 5) is 31.6. The summed E-state index contributed by atoms with van der Waals surface area (Å²) in [6, 6.07) is 6.26. The van der Waals surface area contributed by atoms with Crippen LogP contribution in [-0.2, 0) is 16.0 Å². The van der Waals surface area contributed by atoms with E-state index in [1.165, 1.54) is 10.5 Å². The van der Waals surface area contributed by atoms with Gasteiger partial charge in [0.05, 0.1) is 18.9 Å². The molecule has 0 aromatic heterocycles. The molecule has 2 aliphatic carbocycles. The van der Waals surface area contributed by atoms with Crippen LogP contribution >= 0.6 is 24.0 Å². The molecule has 1 heterocycles. The molecule has 2 bridgehead atoms. The summed E-state index contributed by atoms with van der Waals surface area (Å²) >= 11 is 0. The van der Waals surface area contributed by atoms with Crippen LogP contribution in [0.1, 0.15) is 30.9 Å². The number of halogens is 1. The van der Waals surface area contributed by atoms with E-state index in [4.69, 9.17) is 4.74 Å². The van der Waals surface area contributed by atoms with E-state index >= 15 is 0 Å². The minimum absolute atomic E-state index is 0. The summed E-state index contributed by atoms with van der Waals surface area (Å²) < 4.78 is 5.40. The molecule has 1 aliphatic heterocycles. The van der Waals surface area contributed by atoms with Gasteiger partial charge >= 0.3 is 0 Å². The number of allylic oxidation sites excluding steroid dienone is 2. The number of fused-ring (bicyclic) bond motifs is 5. The predicted octanol–water partition coefficient (Wildman–Crippen LogP) is 2.92. The molecule has 2 fully saturated rings. The zero-order valence-electron chi connectivity index (χ0n) is 19.7. The molecule has 1 saturated carbocycles. The first kappa shape index (κ1) is 25.5. The minimum atomic E-state index is -0.111. The molecule has 0 spiro atoms. The molecule has 8 heteroatoms. The highest BCUT2D eigenvalue weighted by Crippen LogP contribution is 2.52. The zero-order chi connectivity index (χ0) is 22.7. The summed E-state index contributed by atoms with van der Waals surface area (Å²) in [6.07, 6.45) is 6.76. The average Bonchev–Trinajstić information content (AvgIpc) is 3.47. The predicted molar refractivity (Wildman–Crippen MR) is 140 cm³/mol. The molecule has 1 saturated heterocycles. The molecular formula is C25H35IN4O3. The van der Waals surface area contributed by atoms with Crippen molar-refractivity contribution in [3.05, 3.63) is 41.5 Å². The second-order valence-corrected chi connectivity index (χ2v) is 8.92. The Morgan fingerprint density at radius 2 is 1.85 bits per heavy atom. The van der Waals surface area contributed by atoms with Crippen LogP contribution in [0.15, 0.2) is 35.3 Å². The van der Waals surface area contributed by atoms with Crippen molar-refractivity contribution < 1.29 is 14.3 Å². The Morgan fingerprint density at radius 1 is 1.15 bits per heavy atom. The number of rotatable bonds is 9. The Bertz CT molecular complexity index is 902. The Balaban J connectivity index is 0.00000306. The molecule has 2 N–H and O–H groups in total. The number of imide groups is 1. The Hall–Kier alpha value is -2.10. The van der Waals surface area contributed by atoms with Crippen LogP contribution < -0.4 is 15.4 Å². The number of nitrogens with zero attached hydrogens (tertiary/aromatic N) is 2. The van der Waals surface area contributed by atoms with Gasteiger partial charge in [-0.15, -0.1) is 24.0 Å². The topological polar surface area (TPSA) is 83.0 Å². The number of benzene rings is 1. The SMILES string of the molecule is CCNC(=NCCCN1C(=O)C2C3C=CC(C3)C2C1=O)NCCc1ccc(C)c(OC)c1.I. The first-order chi connectivity index (χ1) is 15.5. The van der Waals surface area contributed by atoms with E-state index in [1.54, 1.807) is 7.11 Å². The van der Waals surface area contributed by atoms with E-state index in [9.17, 15) is 9.59 Å². The van der Waals surface area contributed by atoms with Crippen molar-refractivity contribution in [1.82, 2.24) is 15.5 Å². The van der Waals surface area contributed by atoms with Gasteiger partial charge in [0.1, 0.15) is 5.75 Å². The molecule has 1 aromatic rings. The molecule has 33 heavy (non-hydrogen) atoms. The molecule has 0 radical (unpaired) electrons. The van der Waals surface area contributed by atoms with E-state index in [-0.39, 0.29) is 59.5 Å². The summed E-state index contributed by atoms with van der Waals surface area (Å²) in [5.74, 6) is 2.02. The Labute approximate surface area is 213 Å². The van der Waals surface area contributed by atoms with Crippen molar-refractivity contribution in [3.8, 4) is 5.75 Å². The van der Waals surface area contributed by atoms with Crippen molar-refractivity contribution in [2.45, 2.75) is 33.1 Å². The van der Waals surface area contributed by atoms with Crippen molar-refractivity contribution in [2.75, 3.05) is 33.3 Å². The van der Waals surface area contributed by atoms with Crippen LogP contribution in [0.5, 0.6) is 5.75 Å². The van der Waals surface area contributed by atoms with Crippen LogP contribution in [-0.4, -0.2) is 56.0 Å². The number of aryl methyl sites for hydroxylation is 1. The Morgan fingerprint density at radius 3 is 2.48 bits per heavy atom. The smallest absolute Gasteiger partial charge is 0.233 e. The summed E-state index contributed by atoms with van der Waals surface area (Å²) in [6.45, 7) is 6.60. The molecule has 4 unspecified atom stereocenters. The number of aliphatic imine (C=N–C) groups is 1. The van der Waals surface area contributed by atoms with Gasteiger partial charge in [-0.3, -0.25) is 19.5 Å². The van der Waals surface area contributed by atoms with Gasteiger partial charge in [-0.05, 0) is 62.1 Å². The monoisotopic (exact) mass is 566 g/mol. The number of hydrogen-bond donors (Lipinski definition) is 2. The number of carbonyl (C=O) groups is 2. The van der Waals surface area contributed by atoms with Gasteiger partial charge < -0.3 is 15.4 Å². The van der Waals surface area contributed by atoms with Crippen molar-refractivity contribution in [2.24, 2.45) is 28.7 Å². The van der Waals surface area contributed by atoms with Gasteiger partial charge in [0.25, 0.3) is 0 Å². The maximum Gasteiger partial charge on any atom is 0.233 e. The maximum atomic E-state index is 12.8. The summed E-state index contributed by atoms with van der Waals surface area (Å²) in [5, 5.41) is 6.62. The highest BCUT2D eigenvalue weighted by atomic mass is 127. The molecule has 180 valence electrons. The second kappa shape index (κ2) is 11.4. The lowest BCUT2D eigenvalue weighted by Crippen LogP contribution is -2.38. The van der Waals surface area contributed by atoms with Crippen LogP contribution in [0.4, 0.5) is 0 Å². The molecule has 7 nitrogen and oxygen atoms in total. The number of carbonyl (C=O) groups excluding carboxylic acids is 2. The number of guanidine groups is 1. The highest BCUT2D eigenvalue weighted by Gasteiger charge is 2.58. The fraction of sp³-hybridized carbons (Fsp3) is 0.560. The third-order valence-electron chi connectivity index (χ3n) is 6.89. The lowest BCUT2D eigenvalue weighted by atomic mass is 9.85.